The Morgan fingerprint density at radius 3 is 2.31 bits per heavy atom. The molecule has 1 heterocycles. The Hall–Kier alpha value is -3.04. The number of halogens is 2. The second-order valence-corrected chi connectivity index (χ2v) is 7.93. The van der Waals surface area contributed by atoms with Crippen LogP contribution < -0.4 is 10.6 Å². The van der Waals surface area contributed by atoms with Crippen LogP contribution in [0.1, 0.15) is 44.0 Å². The summed E-state index contributed by atoms with van der Waals surface area (Å²) in [4.78, 5) is 26.1. The van der Waals surface area contributed by atoms with Crippen molar-refractivity contribution in [2.24, 2.45) is 0 Å². The van der Waals surface area contributed by atoms with Gasteiger partial charge in [-0.2, -0.15) is 15.0 Å². The van der Waals surface area contributed by atoms with Crippen molar-refractivity contribution in [1.82, 2.24) is 25.6 Å². The standard InChI is InChI=1S/C19H23F2N5O3/c1-18(2,3)29-17(28)25-14-11-19(20,21)10-13(14)24-16(27)12-6-4-5-7-15(12)26-22-8-9-23-26/h4-9,13-14H,10-11H2,1-3H3,(H,24,27)(H,25,28). The molecule has 1 aliphatic rings. The zero-order valence-electron chi connectivity index (χ0n) is 16.4. The summed E-state index contributed by atoms with van der Waals surface area (Å²) in [6.07, 6.45) is 0.960. The summed E-state index contributed by atoms with van der Waals surface area (Å²) < 4.78 is 33.2. The summed E-state index contributed by atoms with van der Waals surface area (Å²) in [6.45, 7) is 5.03. The van der Waals surface area contributed by atoms with Crippen molar-refractivity contribution in [3.63, 3.8) is 0 Å². The van der Waals surface area contributed by atoms with E-state index in [1.54, 1.807) is 45.0 Å². The first-order chi connectivity index (χ1) is 13.5. The summed E-state index contributed by atoms with van der Waals surface area (Å²) >= 11 is 0. The van der Waals surface area contributed by atoms with Gasteiger partial charge in [-0.1, -0.05) is 12.1 Å². The van der Waals surface area contributed by atoms with E-state index in [0.29, 0.717) is 5.69 Å². The maximum atomic E-state index is 14.0. The van der Waals surface area contributed by atoms with Crippen LogP contribution in [0.5, 0.6) is 0 Å². The predicted octanol–water partition coefficient (Wildman–Crippen LogP) is 2.69. The van der Waals surface area contributed by atoms with E-state index in [-0.39, 0.29) is 5.56 Å². The highest BCUT2D eigenvalue weighted by Gasteiger charge is 2.48. The second-order valence-electron chi connectivity index (χ2n) is 7.93. The Kier molecular flexibility index (Phi) is 5.54. The molecule has 2 atom stereocenters. The number of carbonyl (C=O) groups excluding carboxylic acids is 2. The van der Waals surface area contributed by atoms with Crippen molar-refractivity contribution >= 4 is 12.0 Å². The number of alkyl halides is 2. The molecule has 1 saturated carbocycles. The van der Waals surface area contributed by atoms with Crippen LogP contribution in [0.3, 0.4) is 0 Å². The molecule has 2 unspecified atom stereocenters. The Morgan fingerprint density at radius 1 is 1.10 bits per heavy atom. The molecule has 0 bridgehead atoms. The van der Waals surface area contributed by atoms with Gasteiger partial charge in [-0.3, -0.25) is 4.79 Å². The van der Waals surface area contributed by atoms with Crippen molar-refractivity contribution in [3.8, 4) is 5.69 Å². The van der Waals surface area contributed by atoms with Crippen LogP contribution in [0.25, 0.3) is 5.69 Å². The van der Waals surface area contributed by atoms with Gasteiger partial charge in [0.05, 0.1) is 35.7 Å². The third kappa shape index (κ3) is 5.27. The maximum absolute atomic E-state index is 14.0. The first kappa shape index (κ1) is 20.7. The number of benzene rings is 1. The number of alkyl carbamates (subject to hydrolysis) is 1. The molecule has 1 aromatic carbocycles. The lowest BCUT2D eigenvalue weighted by molar-refractivity contribution is 0.00474. The Morgan fingerprint density at radius 2 is 1.69 bits per heavy atom. The number of nitrogens with zero attached hydrogens (tertiary/aromatic N) is 3. The number of hydrogen-bond donors (Lipinski definition) is 2. The van der Waals surface area contributed by atoms with Crippen LogP contribution in [0.15, 0.2) is 36.7 Å². The highest BCUT2D eigenvalue weighted by molar-refractivity contribution is 5.98. The van der Waals surface area contributed by atoms with Crippen molar-refractivity contribution < 1.29 is 23.1 Å². The van der Waals surface area contributed by atoms with Crippen LogP contribution in [0, 0.1) is 0 Å². The number of hydrogen-bond acceptors (Lipinski definition) is 5. The van der Waals surface area contributed by atoms with Gasteiger partial charge in [0.15, 0.2) is 0 Å². The summed E-state index contributed by atoms with van der Waals surface area (Å²) in [5.41, 5.74) is -0.119. The average Bonchev–Trinajstić information content (AvgIpc) is 3.21. The second kappa shape index (κ2) is 7.76. The van der Waals surface area contributed by atoms with Gasteiger partial charge in [-0.05, 0) is 32.9 Å². The SMILES string of the molecule is CC(C)(C)OC(=O)NC1CC(F)(F)CC1NC(=O)c1ccccc1-n1nccn1. The fourth-order valence-corrected chi connectivity index (χ4v) is 3.20. The molecule has 2 aromatic rings. The lowest BCUT2D eigenvalue weighted by atomic mass is 10.1. The van der Waals surface area contributed by atoms with Gasteiger partial charge < -0.3 is 15.4 Å². The van der Waals surface area contributed by atoms with E-state index in [1.807, 2.05) is 0 Å². The molecule has 0 saturated heterocycles. The number of para-hydroxylation sites is 1. The van der Waals surface area contributed by atoms with Crippen molar-refractivity contribution in [2.75, 3.05) is 0 Å². The molecule has 1 aliphatic carbocycles. The molecule has 2 amide bonds. The molecule has 8 nitrogen and oxygen atoms in total. The zero-order valence-corrected chi connectivity index (χ0v) is 16.4. The Bertz CT molecular complexity index is 880. The van der Waals surface area contributed by atoms with Gasteiger partial charge >= 0.3 is 6.09 Å². The van der Waals surface area contributed by atoms with E-state index >= 15 is 0 Å². The summed E-state index contributed by atoms with van der Waals surface area (Å²) in [5.74, 6) is -3.57. The van der Waals surface area contributed by atoms with Crippen LogP contribution in [-0.2, 0) is 4.74 Å². The third-order valence-electron chi connectivity index (χ3n) is 4.32. The van der Waals surface area contributed by atoms with Gasteiger partial charge in [0.25, 0.3) is 11.8 Å². The summed E-state index contributed by atoms with van der Waals surface area (Å²) in [5, 5.41) is 13.1. The van der Waals surface area contributed by atoms with E-state index in [2.05, 4.69) is 20.8 Å². The fourth-order valence-electron chi connectivity index (χ4n) is 3.20. The largest absolute Gasteiger partial charge is 0.444 e. The van der Waals surface area contributed by atoms with E-state index in [1.165, 1.54) is 17.2 Å². The zero-order chi connectivity index (χ0) is 21.2. The average molecular weight is 407 g/mol. The van der Waals surface area contributed by atoms with E-state index in [0.717, 1.165) is 0 Å². The maximum Gasteiger partial charge on any atom is 0.407 e. The van der Waals surface area contributed by atoms with Gasteiger partial charge in [0.1, 0.15) is 5.60 Å². The fraction of sp³-hybridized carbons (Fsp3) is 0.474. The van der Waals surface area contributed by atoms with Crippen LogP contribution in [0.4, 0.5) is 13.6 Å². The first-order valence-corrected chi connectivity index (χ1v) is 9.18. The van der Waals surface area contributed by atoms with Crippen LogP contribution >= 0.6 is 0 Å². The molecule has 10 heteroatoms. The van der Waals surface area contributed by atoms with Crippen LogP contribution in [-0.4, -0.2) is 50.6 Å². The summed E-state index contributed by atoms with van der Waals surface area (Å²) in [6, 6.07) is 4.65. The minimum absolute atomic E-state index is 0.231. The first-order valence-electron chi connectivity index (χ1n) is 9.18. The number of carbonyl (C=O) groups is 2. The highest BCUT2D eigenvalue weighted by Crippen LogP contribution is 2.35. The van der Waals surface area contributed by atoms with Crippen molar-refractivity contribution in [3.05, 3.63) is 42.2 Å². The monoisotopic (exact) mass is 407 g/mol. The minimum atomic E-state index is -3.01. The molecule has 29 heavy (non-hydrogen) atoms. The number of ether oxygens (including phenoxy) is 1. The molecule has 1 aromatic heterocycles. The quantitative estimate of drug-likeness (QED) is 0.812. The molecule has 0 aliphatic heterocycles. The molecule has 156 valence electrons. The van der Waals surface area contributed by atoms with Gasteiger partial charge in [-0.25, -0.2) is 13.6 Å². The molecule has 2 N–H and O–H groups in total. The number of rotatable bonds is 4. The minimum Gasteiger partial charge on any atom is -0.444 e. The third-order valence-corrected chi connectivity index (χ3v) is 4.32. The number of nitrogens with one attached hydrogen (secondary N) is 2. The molecule has 3 rings (SSSR count). The lowest BCUT2D eigenvalue weighted by Crippen LogP contribution is -2.49. The molecular weight excluding hydrogens is 384 g/mol. The molecule has 0 spiro atoms. The van der Waals surface area contributed by atoms with Crippen LogP contribution in [0.2, 0.25) is 0 Å². The Balaban J connectivity index is 1.75. The molecular formula is C19H23F2N5O3. The van der Waals surface area contributed by atoms with E-state index in [4.69, 9.17) is 4.74 Å². The van der Waals surface area contributed by atoms with E-state index in [9.17, 15) is 18.4 Å². The highest BCUT2D eigenvalue weighted by atomic mass is 19.3. The summed E-state index contributed by atoms with van der Waals surface area (Å²) in [7, 11) is 0. The predicted molar refractivity (Wildman–Crippen MR) is 100.0 cm³/mol. The smallest absolute Gasteiger partial charge is 0.407 e. The Labute approximate surface area is 166 Å². The van der Waals surface area contributed by atoms with Gasteiger partial charge in [-0.15, -0.1) is 0 Å². The van der Waals surface area contributed by atoms with Crippen molar-refractivity contribution in [1.29, 1.82) is 0 Å². The topological polar surface area (TPSA) is 98.1 Å². The lowest BCUT2D eigenvalue weighted by Gasteiger charge is -2.25. The molecule has 1 fully saturated rings. The van der Waals surface area contributed by atoms with Gasteiger partial charge in [0.2, 0.25) is 0 Å². The number of amides is 2. The van der Waals surface area contributed by atoms with Gasteiger partial charge in [0, 0.05) is 12.8 Å². The number of aromatic nitrogens is 3. The van der Waals surface area contributed by atoms with Crippen molar-refractivity contribution in [2.45, 2.75) is 57.2 Å². The normalized spacial score (nSPS) is 20.9. The molecule has 0 radical (unpaired) electrons. The van der Waals surface area contributed by atoms with E-state index < -0.39 is 48.4 Å².